The molecule has 0 unspecified atom stereocenters. The van der Waals surface area contributed by atoms with Gasteiger partial charge in [-0.2, -0.15) is 0 Å². The van der Waals surface area contributed by atoms with Crippen molar-refractivity contribution in [1.82, 2.24) is 0 Å². The number of hydrogen-bond donors (Lipinski definition) is 0. The normalized spacial score (nSPS) is 14.7. The number of carbonyl (C=O) groups is 2. The van der Waals surface area contributed by atoms with Crippen molar-refractivity contribution in [3.05, 3.63) is 137 Å². The van der Waals surface area contributed by atoms with Crippen LogP contribution in [0.15, 0.2) is 97.1 Å². The van der Waals surface area contributed by atoms with Gasteiger partial charge in [0.15, 0.2) is 0 Å². The molecule has 5 heteroatoms. The number of imide groups is 1. The average molecular weight is 468 g/mol. The maximum absolute atomic E-state index is 14.9. The van der Waals surface area contributed by atoms with E-state index in [2.05, 4.69) is 0 Å². The van der Waals surface area contributed by atoms with Crippen LogP contribution in [-0.4, -0.2) is 11.8 Å². The van der Waals surface area contributed by atoms with Crippen LogP contribution in [0.2, 0.25) is 0 Å². The number of para-hydroxylation sites is 1. The fraction of sp³-hybridized carbons (Fsp3) is 0.133. The Hall–Kier alpha value is -4.12. The van der Waals surface area contributed by atoms with E-state index in [0.717, 1.165) is 5.56 Å². The first-order chi connectivity index (χ1) is 16.9. The number of rotatable bonds is 5. The lowest BCUT2D eigenvalue weighted by Gasteiger charge is -2.42. The zero-order chi connectivity index (χ0) is 24.6. The molecule has 0 bridgehead atoms. The van der Waals surface area contributed by atoms with Gasteiger partial charge in [-0.15, -0.1) is 0 Å². The van der Waals surface area contributed by atoms with Crippen LogP contribution in [0.5, 0.6) is 0 Å². The number of nitrogens with zero attached hydrogens (tertiary/aromatic N) is 1. The fourth-order valence-electron chi connectivity index (χ4n) is 5.00. The summed E-state index contributed by atoms with van der Waals surface area (Å²) in [6.07, 6.45) is -0.0565. The van der Waals surface area contributed by atoms with Crippen molar-refractivity contribution < 1.29 is 18.4 Å². The maximum atomic E-state index is 14.9. The van der Waals surface area contributed by atoms with Crippen molar-refractivity contribution in [2.75, 3.05) is 4.90 Å². The van der Waals surface area contributed by atoms with Crippen molar-refractivity contribution in [3.63, 3.8) is 0 Å². The van der Waals surface area contributed by atoms with Crippen molar-refractivity contribution in [2.45, 2.75) is 25.2 Å². The second kappa shape index (κ2) is 8.91. The number of hydrogen-bond acceptors (Lipinski definition) is 2. The van der Waals surface area contributed by atoms with Gasteiger partial charge in [-0.3, -0.25) is 9.59 Å². The molecule has 0 N–H and O–H groups in total. The molecule has 0 fully saturated rings. The Labute approximate surface area is 202 Å². The zero-order valence-electron chi connectivity index (χ0n) is 19.2. The van der Waals surface area contributed by atoms with Crippen molar-refractivity contribution >= 4 is 17.5 Å². The van der Waals surface area contributed by atoms with Crippen LogP contribution in [0.4, 0.5) is 14.5 Å². The third kappa shape index (κ3) is 3.83. The molecule has 0 radical (unpaired) electrons. The Morgan fingerprint density at radius 3 is 1.80 bits per heavy atom. The van der Waals surface area contributed by atoms with Gasteiger partial charge in [0.25, 0.3) is 5.91 Å². The molecule has 174 valence electrons. The lowest BCUT2D eigenvalue weighted by atomic mass is 9.66. The van der Waals surface area contributed by atoms with Crippen LogP contribution in [0.3, 0.4) is 0 Å². The topological polar surface area (TPSA) is 37.4 Å². The van der Waals surface area contributed by atoms with Crippen LogP contribution in [0, 0.1) is 18.6 Å². The van der Waals surface area contributed by atoms with E-state index in [-0.39, 0.29) is 12.8 Å². The average Bonchev–Trinajstić information content (AvgIpc) is 2.86. The highest BCUT2D eigenvalue weighted by Gasteiger charge is 2.51. The van der Waals surface area contributed by atoms with E-state index >= 15 is 0 Å². The van der Waals surface area contributed by atoms with Gasteiger partial charge in [0.2, 0.25) is 5.91 Å². The largest absolute Gasteiger partial charge is 0.273 e. The molecule has 0 spiro atoms. The first-order valence-electron chi connectivity index (χ1n) is 11.4. The van der Waals surface area contributed by atoms with E-state index in [9.17, 15) is 18.4 Å². The second-order valence-electron chi connectivity index (χ2n) is 8.90. The first-order valence-corrected chi connectivity index (χ1v) is 11.4. The highest BCUT2D eigenvalue weighted by molar-refractivity contribution is 6.27. The first kappa shape index (κ1) is 22.7. The summed E-state index contributed by atoms with van der Waals surface area (Å²) >= 11 is 0. The van der Waals surface area contributed by atoms with Gasteiger partial charge in [-0.1, -0.05) is 72.8 Å². The molecule has 0 saturated carbocycles. The number of benzene rings is 4. The van der Waals surface area contributed by atoms with Crippen LogP contribution in [0.1, 0.15) is 32.6 Å². The van der Waals surface area contributed by atoms with Gasteiger partial charge < -0.3 is 0 Å². The van der Waals surface area contributed by atoms with Gasteiger partial charge in [0, 0.05) is 5.56 Å². The molecule has 1 aliphatic rings. The minimum atomic E-state index is -1.41. The van der Waals surface area contributed by atoms with Gasteiger partial charge in [0.05, 0.1) is 11.1 Å². The summed E-state index contributed by atoms with van der Waals surface area (Å²) in [5.41, 5.74) is 1.28. The number of fused-ring (bicyclic) bond motifs is 1. The zero-order valence-corrected chi connectivity index (χ0v) is 19.2. The van der Waals surface area contributed by atoms with Crippen LogP contribution in [0.25, 0.3) is 0 Å². The van der Waals surface area contributed by atoms with E-state index < -0.39 is 28.9 Å². The van der Waals surface area contributed by atoms with Crippen molar-refractivity contribution in [2.24, 2.45) is 0 Å². The molecule has 3 nitrogen and oxygen atoms in total. The van der Waals surface area contributed by atoms with Crippen molar-refractivity contribution in [1.29, 1.82) is 0 Å². The van der Waals surface area contributed by atoms with Gasteiger partial charge >= 0.3 is 0 Å². The van der Waals surface area contributed by atoms with Gasteiger partial charge in [-0.05, 0) is 66.3 Å². The predicted molar refractivity (Wildman–Crippen MR) is 131 cm³/mol. The molecule has 0 atom stereocenters. The highest BCUT2D eigenvalue weighted by atomic mass is 19.1. The van der Waals surface area contributed by atoms with Crippen molar-refractivity contribution in [3.8, 4) is 0 Å². The summed E-state index contributed by atoms with van der Waals surface area (Å²) < 4.78 is 29.9. The third-order valence-electron chi connectivity index (χ3n) is 6.75. The standard InChI is InChI=1S/C30H23F2NO2/c1-20-10-2-9-17-27(20)33-28(34)23-13-5-6-14-24(23)30(29(33)35,18-21-11-3-7-15-25(21)31)19-22-12-4-8-16-26(22)32/h2-17H,18-19H2,1H3. The Balaban J connectivity index is 1.79. The third-order valence-corrected chi connectivity index (χ3v) is 6.75. The summed E-state index contributed by atoms with van der Waals surface area (Å²) in [5.74, 6) is -1.85. The monoisotopic (exact) mass is 467 g/mol. The number of carbonyl (C=O) groups excluding carboxylic acids is 2. The smallest absolute Gasteiger partial charge is 0.265 e. The highest BCUT2D eigenvalue weighted by Crippen LogP contribution is 2.43. The van der Waals surface area contributed by atoms with Crippen LogP contribution >= 0.6 is 0 Å². The quantitative estimate of drug-likeness (QED) is 0.329. The van der Waals surface area contributed by atoms with E-state index in [1.165, 1.54) is 17.0 Å². The lowest BCUT2D eigenvalue weighted by molar-refractivity contribution is -0.124. The molecule has 0 aromatic heterocycles. The second-order valence-corrected chi connectivity index (χ2v) is 8.90. The Bertz CT molecular complexity index is 1400. The van der Waals surface area contributed by atoms with E-state index in [4.69, 9.17) is 0 Å². The fourth-order valence-corrected chi connectivity index (χ4v) is 5.00. The minimum Gasteiger partial charge on any atom is -0.273 e. The molecule has 1 aliphatic heterocycles. The summed E-state index contributed by atoms with van der Waals surface area (Å²) in [7, 11) is 0. The van der Waals surface area contributed by atoms with Gasteiger partial charge in [-0.25, -0.2) is 13.7 Å². The van der Waals surface area contributed by atoms with E-state index in [1.54, 1.807) is 72.8 Å². The molecular weight excluding hydrogens is 444 g/mol. The van der Waals surface area contributed by atoms with E-state index in [1.807, 2.05) is 19.1 Å². The SMILES string of the molecule is Cc1ccccc1N1C(=O)c2ccccc2C(Cc2ccccc2F)(Cc2ccccc2F)C1=O. The molecule has 5 rings (SSSR count). The van der Waals surface area contributed by atoms with Crippen LogP contribution < -0.4 is 4.90 Å². The summed E-state index contributed by atoms with van der Waals surface area (Å²) in [6, 6.07) is 26.5. The lowest BCUT2D eigenvalue weighted by Crippen LogP contribution is -2.57. The molecule has 0 saturated heterocycles. The van der Waals surface area contributed by atoms with Gasteiger partial charge in [0.1, 0.15) is 11.6 Å². The number of amides is 2. The molecule has 0 aliphatic carbocycles. The Morgan fingerprint density at radius 1 is 0.686 bits per heavy atom. The van der Waals surface area contributed by atoms with Crippen LogP contribution in [-0.2, 0) is 23.1 Å². The number of halogens is 2. The van der Waals surface area contributed by atoms with E-state index in [0.29, 0.717) is 27.9 Å². The molecule has 2 amide bonds. The molecular formula is C30H23F2NO2. The number of aryl methyl sites for hydroxylation is 1. The molecule has 4 aromatic carbocycles. The predicted octanol–water partition coefficient (Wildman–Crippen LogP) is 6.18. The molecule has 35 heavy (non-hydrogen) atoms. The summed E-state index contributed by atoms with van der Waals surface area (Å²) in [4.78, 5) is 29.3. The Kier molecular flexibility index (Phi) is 5.77. The minimum absolute atomic E-state index is 0.0283. The molecule has 4 aromatic rings. The summed E-state index contributed by atoms with van der Waals surface area (Å²) in [5, 5.41) is 0. The summed E-state index contributed by atoms with van der Waals surface area (Å²) in [6.45, 7) is 1.83. The number of anilines is 1. The maximum Gasteiger partial charge on any atom is 0.265 e. The molecule has 1 heterocycles. The Morgan fingerprint density at radius 2 is 1.20 bits per heavy atom.